The van der Waals surface area contributed by atoms with E-state index in [1.165, 1.54) is 0 Å². The van der Waals surface area contributed by atoms with Crippen molar-refractivity contribution >= 4 is 11.7 Å². The molecular weight excluding hydrogens is 330 g/mol. The minimum atomic E-state index is -0.0945. The van der Waals surface area contributed by atoms with Crippen molar-refractivity contribution < 1.29 is 9.53 Å². The standard InChI is InChI=1S/C19H27N5O2/c1-14(2)18-20-8-10-24(18)9-3-7-21-19(25)15-4-5-17(22-12-15)23-16-6-11-26-13-16/h4-5,8,10,12,14,16H,3,6-7,9,11,13H2,1-2H3,(H,21,25)(H,22,23). The smallest absolute Gasteiger partial charge is 0.252 e. The van der Waals surface area contributed by atoms with Crippen LogP contribution >= 0.6 is 0 Å². The summed E-state index contributed by atoms with van der Waals surface area (Å²) in [4.78, 5) is 20.9. The number of aromatic nitrogens is 3. The highest BCUT2D eigenvalue weighted by molar-refractivity contribution is 5.94. The molecule has 0 aliphatic carbocycles. The normalized spacial score (nSPS) is 16.8. The van der Waals surface area contributed by atoms with Gasteiger partial charge < -0.3 is 19.9 Å². The number of ether oxygens (including phenoxy) is 1. The summed E-state index contributed by atoms with van der Waals surface area (Å²) in [5, 5.41) is 6.26. The molecule has 7 heteroatoms. The van der Waals surface area contributed by atoms with Crippen molar-refractivity contribution in [2.75, 3.05) is 25.1 Å². The van der Waals surface area contributed by atoms with Gasteiger partial charge in [-0.1, -0.05) is 13.8 Å². The topological polar surface area (TPSA) is 81.1 Å². The Morgan fingerprint density at radius 1 is 1.38 bits per heavy atom. The lowest BCUT2D eigenvalue weighted by molar-refractivity contribution is 0.0952. The Morgan fingerprint density at radius 2 is 2.27 bits per heavy atom. The molecule has 0 radical (unpaired) electrons. The molecule has 2 N–H and O–H groups in total. The second-order valence-corrected chi connectivity index (χ2v) is 6.88. The molecule has 1 atom stereocenters. The SMILES string of the molecule is CC(C)c1nccn1CCCNC(=O)c1ccc(NC2CCOC2)nc1. The van der Waals surface area contributed by atoms with E-state index in [4.69, 9.17) is 4.74 Å². The van der Waals surface area contributed by atoms with Gasteiger partial charge in [0.25, 0.3) is 5.91 Å². The molecule has 2 aromatic rings. The van der Waals surface area contributed by atoms with E-state index in [2.05, 4.69) is 39.0 Å². The van der Waals surface area contributed by atoms with Crippen LogP contribution in [-0.4, -0.2) is 46.2 Å². The summed E-state index contributed by atoms with van der Waals surface area (Å²) < 4.78 is 7.48. The summed E-state index contributed by atoms with van der Waals surface area (Å²) >= 11 is 0. The van der Waals surface area contributed by atoms with Crippen LogP contribution in [0.4, 0.5) is 5.82 Å². The molecule has 3 rings (SSSR count). The first-order valence-electron chi connectivity index (χ1n) is 9.23. The van der Waals surface area contributed by atoms with Crippen LogP contribution in [0, 0.1) is 0 Å². The Hall–Kier alpha value is -2.41. The fraction of sp³-hybridized carbons (Fsp3) is 0.526. The van der Waals surface area contributed by atoms with E-state index in [9.17, 15) is 4.79 Å². The highest BCUT2D eigenvalue weighted by Gasteiger charge is 2.15. The second-order valence-electron chi connectivity index (χ2n) is 6.88. The zero-order chi connectivity index (χ0) is 18.4. The van der Waals surface area contributed by atoms with E-state index < -0.39 is 0 Å². The Balaban J connectivity index is 1.42. The molecule has 1 aliphatic heterocycles. The minimum Gasteiger partial charge on any atom is -0.379 e. The predicted octanol–water partition coefficient (Wildman–Crippen LogP) is 2.42. The van der Waals surface area contributed by atoms with E-state index >= 15 is 0 Å². The Labute approximate surface area is 154 Å². The largest absolute Gasteiger partial charge is 0.379 e. The maximum absolute atomic E-state index is 12.2. The van der Waals surface area contributed by atoms with Crippen molar-refractivity contribution in [3.63, 3.8) is 0 Å². The van der Waals surface area contributed by atoms with Gasteiger partial charge in [-0.3, -0.25) is 4.79 Å². The van der Waals surface area contributed by atoms with Crippen molar-refractivity contribution in [2.24, 2.45) is 0 Å². The molecule has 7 nitrogen and oxygen atoms in total. The van der Waals surface area contributed by atoms with Gasteiger partial charge in [0.05, 0.1) is 18.2 Å². The van der Waals surface area contributed by atoms with Gasteiger partial charge in [0.2, 0.25) is 0 Å². The molecule has 3 heterocycles. The lowest BCUT2D eigenvalue weighted by Gasteiger charge is -2.12. The number of pyridine rings is 1. The molecular formula is C19H27N5O2. The molecule has 1 fully saturated rings. The first-order valence-corrected chi connectivity index (χ1v) is 9.23. The summed E-state index contributed by atoms with van der Waals surface area (Å²) in [5.74, 6) is 2.16. The maximum atomic E-state index is 12.2. The fourth-order valence-corrected chi connectivity index (χ4v) is 3.03. The number of imidazole rings is 1. The van der Waals surface area contributed by atoms with Crippen LogP contribution < -0.4 is 10.6 Å². The van der Waals surface area contributed by atoms with Crippen LogP contribution in [0.25, 0.3) is 0 Å². The molecule has 140 valence electrons. The molecule has 0 bridgehead atoms. The third-order valence-corrected chi connectivity index (χ3v) is 4.43. The number of hydrogen-bond acceptors (Lipinski definition) is 5. The molecule has 1 saturated heterocycles. The third kappa shape index (κ3) is 4.82. The number of nitrogens with zero attached hydrogens (tertiary/aromatic N) is 3. The molecule has 1 aliphatic rings. The van der Waals surface area contributed by atoms with Gasteiger partial charge in [-0.25, -0.2) is 9.97 Å². The van der Waals surface area contributed by atoms with Crippen molar-refractivity contribution in [1.82, 2.24) is 19.9 Å². The molecule has 1 amide bonds. The molecule has 0 saturated carbocycles. The average molecular weight is 357 g/mol. The first-order chi connectivity index (χ1) is 12.6. The van der Waals surface area contributed by atoms with Gasteiger partial charge in [-0.15, -0.1) is 0 Å². The lowest BCUT2D eigenvalue weighted by Crippen LogP contribution is -2.26. The van der Waals surface area contributed by atoms with E-state index in [-0.39, 0.29) is 5.91 Å². The van der Waals surface area contributed by atoms with Crippen LogP contribution in [0.15, 0.2) is 30.7 Å². The monoisotopic (exact) mass is 357 g/mol. The summed E-state index contributed by atoms with van der Waals surface area (Å²) in [6.07, 6.45) is 7.27. The number of amides is 1. The highest BCUT2D eigenvalue weighted by Crippen LogP contribution is 2.13. The van der Waals surface area contributed by atoms with Crippen LogP contribution in [0.1, 0.15) is 48.8 Å². The Kier molecular flexibility index (Phi) is 6.22. The Bertz CT molecular complexity index is 705. The van der Waals surface area contributed by atoms with Crippen LogP contribution in [0.2, 0.25) is 0 Å². The van der Waals surface area contributed by atoms with Gasteiger partial charge in [-0.05, 0) is 25.0 Å². The summed E-state index contributed by atoms with van der Waals surface area (Å²) in [6.45, 7) is 7.22. The number of nitrogens with one attached hydrogen (secondary N) is 2. The molecule has 26 heavy (non-hydrogen) atoms. The lowest BCUT2D eigenvalue weighted by atomic mass is 10.2. The molecule has 2 aromatic heterocycles. The fourth-order valence-electron chi connectivity index (χ4n) is 3.03. The average Bonchev–Trinajstić information content (AvgIpc) is 3.31. The van der Waals surface area contributed by atoms with E-state index in [1.807, 2.05) is 18.5 Å². The van der Waals surface area contributed by atoms with Gasteiger partial charge in [0.1, 0.15) is 11.6 Å². The van der Waals surface area contributed by atoms with E-state index in [1.54, 1.807) is 12.3 Å². The van der Waals surface area contributed by atoms with Gasteiger partial charge in [-0.2, -0.15) is 0 Å². The highest BCUT2D eigenvalue weighted by atomic mass is 16.5. The number of rotatable bonds is 8. The van der Waals surface area contributed by atoms with Crippen LogP contribution in [0.5, 0.6) is 0 Å². The number of carbonyl (C=O) groups excluding carboxylic acids is 1. The van der Waals surface area contributed by atoms with E-state index in [0.717, 1.165) is 37.6 Å². The quantitative estimate of drug-likeness (QED) is 0.709. The minimum absolute atomic E-state index is 0.0945. The second kappa shape index (κ2) is 8.80. The summed E-state index contributed by atoms with van der Waals surface area (Å²) in [6, 6.07) is 3.95. The number of anilines is 1. The zero-order valence-electron chi connectivity index (χ0n) is 15.4. The van der Waals surface area contributed by atoms with Crippen molar-refractivity contribution in [2.45, 2.75) is 45.2 Å². The number of aryl methyl sites for hydroxylation is 1. The van der Waals surface area contributed by atoms with Crippen LogP contribution in [-0.2, 0) is 11.3 Å². The summed E-state index contributed by atoms with van der Waals surface area (Å²) in [5.41, 5.74) is 0.573. The molecule has 0 aromatic carbocycles. The zero-order valence-corrected chi connectivity index (χ0v) is 15.4. The third-order valence-electron chi connectivity index (χ3n) is 4.43. The van der Waals surface area contributed by atoms with Crippen molar-refractivity contribution in [1.29, 1.82) is 0 Å². The van der Waals surface area contributed by atoms with Gasteiger partial charge in [0.15, 0.2) is 0 Å². The van der Waals surface area contributed by atoms with Crippen LogP contribution in [0.3, 0.4) is 0 Å². The Morgan fingerprint density at radius 3 is 2.96 bits per heavy atom. The molecule has 1 unspecified atom stereocenters. The van der Waals surface area contributed by atoms with E-state index in [0.29, 0.717) is 30.7 Å². The van der Waals surface area contributed by atoms with Gasteiger partial charge in [0, 0.05) is 44.2 Å². The van der Waals surface area contributed by atoms with Crippen molar-refractivity contribution in [3.05, 3.63) is 42.1 Å². The number of carbonyl (C=O) groups is 1. The maximum Gasteiger partial charge on any atom is 0.252 e. The number of hydrogen-bond donors (Lipinski definition) is 2. The first kappa shape index (κ1) is 18.4. The predicted molar refractivity (Wildman–Crippen MR) is 100 cm³/mol. The molecule has 0 spiro atoms. The van der Waals surface area contributed by atoms with Gasteiger partial charge >= 0.3 is 0 Å². The summed E-state index contributed by atoms with van der Waals surface area (Å²) in [7, 11) is 0. The van der Waals surface area contributed by atoms with Crippen molar-refractivity contribution in [3.8, 4) is 0 Å².